The first-order valence-corrected chi connectivity index (χ1v) is 7.20. The summed E-state index contributed by atoms with van der Waals surface area (Å²) in [7, 11) is 0. The first-order chi connectivity index (χ1) is 9.33. The molecule has 1 rings (SSSR count). The van der Waals surface area contributed by atoms with Crippen molar-refractivity contribution in [2.24, 2.45) is 5.92 Å². The van der Waals surface area contributed by atoms with E-state index >= 15 is 0 Å². The van der Waals surface area contributed by atoms with Gasteiger partial charge in [0.1, 0.15) is 11.6 Å². The van der Waals surface area contributed by atoms with Crippen molar-refractivity contribution < 1.29 is 19.1 Å². The van der Waals surface area contributed by atoms with Gasteiger partial charge in [0.15, 0.2) is 0 Å². The lowest BCUT2D eigenvalue weighted by molar-refractivity contribution is -0.147. The summed E-state index contributed by atoms with van der Waals surface area (Å²) in [6.45, 7) is 9.11. The van der Waals surface area contributed by atoms with Gasteiger partial charge in [-0.2, -0.15) is 0 Å². The SMILES string of the molecule is CCOC(=O)C(NC(=O)OC(C)(C)C)C1CCNCC1. The summed E-state index contributed by atoms with van der Waals surface area (Å²) in [5, 5.41) is 5.90. The van der Waals surface area contributed by atoms with Crippen LogP contribution in [0.2, 0.25) is 0 Å². The molecule has 0 saturated carbocycles. The van der Waals surface area contributed by atoms with Gasteiger partial charge in [0.25, 0.3) is 0 Å². The third kappa shape index (κ3) is 5.77. The van der Waals surface area contributed by atoms with Crippen molar-refractivity contribution >= 4 is 12.1 Å². The molecule has 1 amide bonds. The number of rotatable bonds is 4. The van der Waals surface area contributed by atoms with Crippen LogP contribution in [0, 0.1) is 5.92 Å². The standard InChI is InChI=1S/C14H26N2O4/c1-5-19-12(17)11(10-6-8-15-9-7-10)16-13(18)20-14(2,3)4/h10-11,15H,5-9H2,1-4H3,(H,16,18). The smallest absolute Gasteiger partial charge is 0.408 e. The van der Waals surface area contributed by atoms with Gasteiger partial charge in [-0.3, -0.25) is 0 Å². The van der Waals surface area contributed by atoms with Gasteiger partial charge in [-0.25, -0.2) is 9.59 Å². The van der Waals surface area contributed by atoms with Crippen LogP contribution in [0.5, 0.6) is 0 Å². The van der Waals surface area contributed by atoms with E-state index in [-0.39, 0.29) is 11.9 Å². The molecule has 1 saturated heterocycles. The van der Waals surface area contributed by atoms with E-state index in [1.807, 2.05) is 0 Å². The van der Waals surface area contributed by atoms with Crippen molar-refractivity contribution in [3.05, 3.63) is 0 Å². The Labute approximate surface area is 120 Å². The summed E-state index contributed by atoms with van der Waals surface area (Å²) < 4.78 is 10.3. The quantitative estimate of drug-likeness (QED) is 0.765. The van der Waals surface area contributed by atoms with E-state index in [0.29, 0.717) is 6.61 Å². The Bertz CT molecular complexity index is 333. The first kappa shape index (κ1) is 16.8. The molecule has 0 aromatic heterocycles. The van der Waals surface area contributed by atoms with Crippen molar-refractivity contribution in [2.45, 2.75) is 52.2 Å². The van der Waals surface area contributed by atoms with E-state index in [0.717, 1.165) is 25.9 Å². The maximum atomic E-state index is 12.0. The predicted octanol–water partition coefficient (Wildman–Crippen LogP) is 1.44. The highest BCUT2D eigenvalue weighted by molar-refractivity contribution is 5.81. The van der Waals surface area contributed by atoms with Crippen molar-refractivity contribution in [2.75, 3.05) is 19.7 Å². The highest BCUT2D eigenvalue weighted by Gasteiger charge is 2.33. The lowest BCUT2D eigenvalue weighted by Crippen LogP contribution is -2.50. The van der Waals surface area contributed by atoms with E-state index in [4.69, 9.17) is 9.47 Å². The Morgan fingerprint density at radius 2 is 1.90 bits per heavy atom. The fraction of sp³-hybridized carbons (Fsp3) is 0.857. The molecule has 1 aliphatic rings. The zero-order valence-corrected chi connectivity index (χ0v) is 12.8. The topological polar surface area (TPSA) is 76.7 Å². The molecule has 1 unspecified atom stereocenters. The minimum Gasteiger partial charge on any atom is -0.464 e. The second kappa shape index (κ2) is 7.47. The molecule has 1 fully saturated rings. The minimum atomic E-state index is -0.633. The molecule has 0 radical (unpaired) electrons. The van der Waals surface area contributed by atoms with Crippen LogP contribution in [0.25, 0.3) is 0 Å². The highest BCUT2D eigenvalue weighted by atomic mass is 16.6. The van der Waals surface area contributed by atoms with Crippen molar-refractivity contribution in [3.63, 3.8) is 0 Å². The molecule has 6 nitrogen and oxygen atoms in total. The lowest BCUT2D eigenvalue weighted by Gasteiger charge is -2.30. The molecule has 0 bridgehead atoms. The number of esters is 1. The Morgan fingerprint density at radius 3 is 2.40 bits per heavy atom. The monoisotopic (exact) mass is 286 g/mol. The molecule has 20 heavy (non-hydrogen) atoms. The van der Waals surface area contributed by atoms with Crippen LogP contribution >= 0.6 is 0 Å². The molecule has 2 N–H and O–H groups in total. The van der Waals surface area contributed by atoms with E-state index in [2.05, 4.69) is 10.6 Å². The largest absolute Gasteiger partial charge is 0.464 e. The number of amides is 1. The van der Waals surface area contributed by atoms with Crippen LogP contribution in [-0.2, 0) is 14.3 Å². The van der Waals surface area contributed by atoms with Crippen LogP contribution in [0.3, 0.4) is 0 Å². The van der Waals surface area contributed by atoms with Gasteiger partial charge >= 0.3 is 12.1 Å². The van der Waals surface area contributed by atoms with Crippen molar-refractivity contribution in [1.29, 1.82) is 0 Å². The third-order valence-electron chi connectivity index (χ3n) is 3.07. The van der Waals surface area contributed by atoms with Crippen molar-refractivity contribution in [3.8, 4) is 0 Å². The molecule has 6 heteroatoms. The second-order valence-corrected chi connectivity index (χ2v) is 5.96. The van der Waals surface area contributed by atoms with Crippen LogP contribution in [0.15, 0.2) is 0 Å². The predicted molar refractivity (Wildman–Crippen MR) is 75.4 cm³/mol. The number of carbonyl (C=O) groups excluding carboxylic acids is 2. The molecular formula is C14H26N2O4. The summed E-state index contributed by atoms with van der Waals surface area (Å²) in [4.78, 5) is 23.9. The maximum Gasteiger partial charge on any atom is 0.408 e. The average molecular weight is 286 g/mol. The fourth-order valence-electron chi connectivity index (χ4n) is 2.21. The average Bonchev–Trinajstić information content (AvgIpc) is 2.35. The van der Waals surface area contributed by atoms with Gasteiger partial charge in [0.05, 0.1) is 6.61 Å². The minimum absolute atomic E-state index is 0.0859. The highest BCUT2D eigenvalue weighted by Crippen LogP contribution is 2.18. The van der Waals surface area contributed by atoms with Gasteiger partial charge in [-0.05, 0) is 59.5 Å². The second-order valence-electron chi connectivity index (χ2n) is 5.96. The van der Waals surface area contributed by atoms with Crippen LogP contribution < -0.4 is 10.6 Å². The molecule has 1 aliphatic heterocycles. The van der Waals surface area contributed by atoms with Gasteiger partial charge in [-0.1, -0.05) is 0 Å². The lowest BCUT2D eigenvalue weighted by atomic mass is 9.90. The van der Waals surface area contributed by atoms with E-state index in [1.165, 1.54) is 0 Å². The zero-order chi connectivity index (χ0) is 15.2. The summed E-state index contributed by atoms with van der Waals surface area (Å²) in [5.41, 5.74) is -0.586. The molecule has 0 spiro atoms. The maximum absolute atomic E-state index is 12.0. The zero-order valence-electron chi connectivity index (χ0n) is 12.8. The summed E-state index contributed by atoms with van der Waals surface area (Å²) in [6, 6.07) is -0.633. The van der Waals surface area contributed by atoms with Gasteiger partial charge in [0, 0.05) is 0 Å². The number of carbonyl (C=O) groups is 2. The summed E-state index contributed by atoms with van der Waals surface area (Å²) >= 11 is 0. The van der Waals surface area contributed by atoms with Crippen molar-refractivity contribution in [1.82, 2.24) is 10.6 Å². The fourth-order valence-corrected chi connectivity index (χ4v) is 2.21. The third-order valence-corrected chi connectivity index (χ3v) is 3.07. The Balaban J connectivity index is 2.66. The van der Waals surface area contributed by atoms with Gasteiger partial charge in [0.2, 0.25) is 0 Å². The first-order valence-electron chi connectivity index (χ1n) is 7.20. The molecule has 0 aliphatic carbocycles. The van der Waals surface area contributed by atoms with Gasteiger partial charge < -0.3 is 20.1 Å². The normalized spacial score (nSPS) is 18.2. The number of hydrogen-bond donors (Lipinski definition) is 2. The van der Waals surface area contributed by atoms with E-state index in [1.54, 1.807) is 27.7 Å². The molecule has 1 heterocycles. The molecule has 116 valence electrons. The number of hydrogen-bond acceptors (Lipinski definition) is 5. The van der Waals surface area contributed by atoms with E-state index in [9.17, 15) is 9.59 Å². The molecule has 0 aromatic carbocycles. The number of ether oxygens (including phenoxy) is 2. The van der Waals surface area contributed by atoms with Crippen LogP contribution in [0.4, 0.5) is 4.79 Å². The van der Waals surface area contributed by atoms with Gasteiger partial charge in [-0.15, -0.1) is 0 Å². The Hall–Kier alpha value is -1.30. The Kier molecular flexibility index (Phi) is 6.26. The number of piperidine rings is 1. The molecule has 0 aromatic rings. The summed E-state index contributed by atoms with van der Waals surface area (Å²) in [6.07, 6.45) is 1.09. The molecule has 1 atom stereocenters. The van der Waals surface area contributed by atoms with Crippen LogP contribution in [-0.4, -0.2) is 43.4 Å². The summed E-state index contributed by atoms with van der Waals surface area (Å²) in [5.74, 6) is -0.298. The number of nitrogens with one attached hydrogen (secondary N) is 2. The molecular weight excluding hydrogens is 260 g/mol. The Morgan fingerprint density at radius 1 is 1.30 bits per heavy atom. The number of alkyl carbamates (subject to hydrolysis) is 1. The van der Waals surface area contributed by atoms with E-state index < -0.39 is 17.7 Å². The van der Waals surface area contributed by atoms with Crippen LogP contribution in [0.1, 0.15) is 40.5 Å².